The van der Waals surface area contributed by atoms with Crippen LogP contribution in [-0.4, -0.2) is 70.3 Å². The van der Waals surface area contributed by atoms with E-state index >= 15 is 0 Å². The van der Waals surface area contributed by atoms with E-state index in [1.54, 1.807) is 18.0 Å². The van der Waals surface area contributed by atoms with Gasteiger partial charge in [0.05, 0.1) is 31.9 Å². The lowest BCUT2D eigenvalue weighted by Gasteiger charge is -2.49. The molecular weight excluding hydrogens is 298 g/mol. The number of carbonyl (C=O) groups is 1. The first-order valence-electron chi connectivity index (χ1n) is 8.21. The summed E-state index contributed by atoms with van der Waals surface area (Å²) in [4.78, 5) is 14.7. The summed E-state index contributed by atoms with van der Waals surface area (Å²) in [6.07, 6.45) is 3.88. The van der Waals surface area contributed by atoms with E-state index in [0.29, 0.717) is 30.8 Å². The molecule has 128 valence electrons. The Labute approximate surface area is 135 Å². The molecule has 8 heteroatoms. The van der Waals surface area contributed by atoms with E-state index in [2.05, 4.69) is 20.5 Å². The normalized spacial score (nSPS) is 29.7. The van der Waals surface area contributed by atoms with Crippen LogP contribution in [0.25, 0.3) is 0 Å². The number of nitrogens with one attached hydrogen (secondary N) is 1. The lowest BCUT2D eigenvalue weighted by Crippen LogP contribution is -2.58. The highest BCUT2D eigenvalue weighted by atomic mass is 16.5. The van der Waals surface area contributed by atoms with Crippen molar-refractivity contribution in [3.05, 3.63) is 11.9 Å². The fourth-order valence-electron chi connectivity index (χ4n) is 3.75. The van der Waals surface area contributed by atoms with Crippen LogP contribution < -0.4 is 5.32 Å². The van der Waals surface area contributed by atoms with E-state index in [4.69, 9.17) is 9.84 Å². The van der Waals surface area contributed by atoms with Gasteiger partial charge in [0, 0.05) is 26.2 Å². The third-order valence-corrected chi connectivity index (χ3v) is 4.97. The molecule has 1 aromatic heterocycles. The number of ether oxygens (including phenoxy) is 1. The number of nitrogens with zero attached hydrogens (tertiary/aromatic N) is 4. The number of amides is 1. The van der Waals surface area contributed by atoms with E-state index in [1.807, 2.05) is 0 Å². The van der Waals surface area contributed by atoms with Gasteiger partial charge >= 0.3 is 0 Å². The number of hydrogen-bond donors (Lipinski definition) is 2. The van der Waals surface area contributed by atoms with Crippen molar-refractivity contribution in [2.75, 3.05) is 33.4 Å². The van der Waals surface area contributed by atoms with Crippen molar-refractivity contribution in [3.8, 4) is 0 Å². The number of aliphatic hydroxyl groups is 1. The molecule has 0 saturated carbocycles. The van der Waals surface area contributed by atoms with Gasteiger partial charge in [-0.3, -0.25) is 14.4 Å². The molecule has 8 nitrogen and oxygen atoms in total. The fourth-order valence-corrected chi connectivity index (χ4v) is 3.75. The Bertz CT molecular complexity index is 535. The molecule has 1 aromatic rings. The maximum Gasteiger partial charge on any atom is 0.224 e. The zero-order valence-corrected chi connectivity index (χ0v) is 13.5. The van der Waals surface area contributed by atoms with Gasteiger partial charge in [-0.25, -0.2) is 0 Å². The number of piperidine rings is 3. The van der Waals surface area contributed by atoms with E-state index in [0.717, 1.165) is 32.5 Å². The molecule has 4 rings (SSSR count). The molecule has 2 N–H and O–H groups in total. The molecule has 0 radical (unpaired) electrons. The molecule has 1 amide bonds. The second-order valence-electron chi connectivity index (χ2n) is 6.41. The minimum absolute atomic E-state index is 0.0826. The molecule has 0 aliphatic carbocycles. The van der Waals surface area contributed by atoms with Gasteiger partial charge < -0.3 is 15.2 Å². The van der Waals surface area contributed by atoms with Gasteiger partial charge in [-0.2, -0.15) is 0 Å². The highest BCUT2D eigenvalue weighted by Gasteiger charge is 2.43. The van der Waals surface area contributed by atoms with E-state index in [-0.39, 0.29) is 18.4 Å². The van der Waals surface area contributed by atoms with Crippen molar-refractivity contribution < 1.29 is 14.6 Å². The van der Waals surface area contributed by atoms with Crippen molar-refractivity contribution in [2.45, 2.75) is 32.0 Å². The van der Waals surface area contributed by atoms with Crippen LogP contribution in [0.4, 0.5) is 0 Å². The molecule has 3 fully saturated rings. The predicted molar refractivity (Wildman–Crippen MR) is 82.4 cm³/mol. The van der Waals surface area contributed by atoms with E-state index in [1.165, 1.54) is 0 Å². The summed E-state index contributed by atoms with van der Waals surface area (Å²) >= 11 is 0. The third-order valence-electron chi connectivity index (χ3n) is 4.97. The van der Waals surface area contributed by atoms with Gasteiger partial charge in [-0.15, -0.1) is 5.10 Å². The molecule has 3 saturated heterocycles. The predicted octanol–water partition coefficient (Wildman–Crippen LogP) is -0.757. The number of methoxy groups -OCH3 is 1. The Kier molecular flexibility index (Phi) is 5.24. The van der Waals surface area contributed by atoms with Crippen molar-refractivity contribution >= 4 is 5.91 Å². The van der Waals surface area contributed by atoms with Crippen molar-refractivity contribution in [1.82, 2.24) is 25.2 Å². The highest BCUT2D eigenvalue weighted by molar-refractivity contribution is 5.79. The Morgan fingerprint density at radius 3 is 3.09 bits per heavy atom. The molecule has 2 bridgehead atoms. The highest BCUT2D eigenvalue weighted by Crippen LogP contribution is 2.36. The summed E-state index contributed by atoms with van der Waals surface area (Å²) in [5.41, 5.74) is 0.594. The van der Waals surface area contributed by atoms with Crippen molar-refractivity contribution in [1.29, 1.82) is 0 Å². The number of carbonyl (C=O) groups excluding carboxylic acids is 1. The van der Waals surface area contributed by atoms with Crippen LogP contribution in [0.2, 0.25) is 0 Å². The molecule has 4 heterocycles. The fraction of sp³-hybridized carbons (Fsp3) is 0.800. The van der Waals surface area contributed by atoms with Crippen molar-refractivity contribution in [2.24, 2.45) is 11.8 Å². The number of rotatable bonds is 7. The molecule has 3 aliphatic rings. The smallest absolute Gasteiger partial charge is 0.224 e. The van der Waals surface area contributed by atoms with Gasteiger partial charge in [0.15, 0.2) is 0 Å². The van der Waals surface area contributed by atoms with E-state index < -0.39 is 0 Å². The molecule has 0 spiro atoms. The number of aromatic nitrogens is 3. The lowest BCUT2D eigenvalue weighted by atomic mass is 9.75. The van der Waals surface area contributed by atoms with Crippen LogP contribution >= 0.6 is 0 Å². The topological polar surface area (TPSA) is 92.5 Å². The summed E-state index contributed by atoms with van der Waals surface area (Å²) in [5, 5.41) is 20.0. The molecule has 1 unspecified atom stereocenters. The van der Waals surface area contributed by atoms with Crippen LogP contribution in [0.3, 0.4) is 0 Å². The van der Waals surface area contributed by atoms with Gasteiger partial charge in [0.2, 0.25) is 5.91 Å². The maximum atomic E-state index is 12.3. The Balaban J connectivity index is 1.55. The number of fused-ring (bicyclic) bond motifs is 3. The van der Waals surface area contributed by atoms with Crippen molar-refractivity contribution in [3.63, 3.8) is 0 Å². The SMILES string of the molecule is COCCNC(=O)[C@H]1CN2CC[C@H]1C[C@@H]2Cn1cc(CO)nn1. The number of aliphatic hydroxyl groups excluding tert-OH is 1. The quantitative estimate of drug-likeness (QED) is 0.641. The van der Waals surface area contributed by atoms with Crippen LogP contribution in [0.1, 0.15) is 18.5 Å². The molecule has 3 aliphatic heterocycles. The Morgan fingerprint density at radius 2 is 2.43 bits per heavy atom. The van der Waals surface area contributed by atoms with Gasteiger partial charge in [0.1, 0.15) is 5.69 Å². The monoisotopic (exact) mass is 323 g/mol. The standard InChI is InChI=1S/C15H25N5O3/c1-23-5-3-16-15(22)14-9-19-4-2-11(14)6-13(19)8-20-7-12(10-21)17-18-20/h7,11,13-14,21H,2-6,8-10H2,1H3,(H,16,22)/t11-,13+,14-/m0/s1. The van der Waals surface area contributed by atoms with Crippen LogP contribution in [0.15, 0.2) is 6.20 Å². The minimum atomic E-state index is -0.0826. The first kappa shape index (κ1) is 16.4. The Hall–Kier alpha value is -1.51. The van der Waals surface area contributed by atoms with Gasteiger partial charge in [0.25, 0.3) is 0 Å². The maximum absolute atomic E-state index is 12.3. The van der Waals surface area contributed by atoms with Crippen LogP contribution in [0.5, 0.6) is 0 Å². The Morgan fingerprint density at radius 1 is 1.57 bits per heavy atom. The first-order chi connectivity index (χ1) is 11.2. The second kappa shape index (κ2) is 7.37. The average molecular weight is 323 g/mol. The average Bonchev–Trinajstić information content (AvgIpc) is 3.03. The van der Waals surface area contributed by atoms with Crippen LogP contribution in [0, 0.1) is 11.8 Å². The van der Waals surface area contributed by atoms with Gasteiger partial charge in [-0.1, -0.05) is 5.21 Å². The summed E-state index contributed by atoms with van der Waals surface area (Å²) in [7, 11) is 1.64. The first-order valence-corrected chi connectivity index (χ1v) is 8.21. The lowest BCUT2D eigenvalue weighted by molar-refractivity contribution is -0.133. The van der Waals surface area contributed by atoms with Crippen LogP contribution in [-0.2, 0) is 22.7 Å². The largest absolute Gasteiger partial charge is 0.390 e. The zero-order valence-electron chi connectivity index (χ0n) is 13.5. The number of hydrogen-bond acceptors (Lipinski definition) is 6. The molecular formula is C15H25N5O3. The zero-order chi connectivity index (χ0) is 16.2. The van der Waals surface area contributed by atoms with E-state index in [9.17, 15) is 4.79 Å². The molecule has 23 heavy (non-hydrogen) atoms. The third kappa shape index (κ3) is 3.70. The summed E-state index contributed by atoms with van der Waals surface area (Å²) in [6.45, 7) is 3.66. The molecule has 0 aromatic carbocycles. The summed E-state index contributed by atoms with van der Waals surface area (Å²) < 4.78 is 6.77. The molecule has 4 atom stereocenters. The summed E-state index contributed by atoms with van der Waals surface area (Å²) in [6, 6.07) is 0.394. The minimum Gasteiger partial charge on any atom is -0.390 e. The van der Waals surface area contributed by atoms with Gasteiger partial charge in [-0.05, 0) is 25.3 Å². The second-order valence-corrected chi connectivity index (χ2v) is 6.41. The summed E-state index contributed by atoms with van der Waals surface area (Å²) in [5.74, 6) is 0.674.